The number of alkyl halides is 3. The molecule has 1 aromatic carbocycles. The van der Waals surface area contributed by atoms with Gasteiger partial charge in [0.25, 0.3) is 0 Å². The van der Waals surface area contributed by atoms with Crippen LogP contribution in [0.3, 0.4) is 0 Å². The molecular weight excluding hydrogens is 257 g/mol. The number of ether oxygens (including phenoxy) is 1. The van der Waals surface area contributed by atoms with Gasteiger partial charge in [-0.15, -0.1) is 0 Å². The normalized spacial score (nSPS) is 14.8. The first-order valence-electron chi connectivity index (χ1n) is 6.27. The average Bonchev–Trinajstić information content (AvgIpc) is 2.37. The molecule has 19 heavy (non-hydrogen) atoms. The van der Waals surface area contributed by atoms with Crippen LogP contribution in [0.4, 0.5) is 18.9 Å². The number of para-hydroxylation sites is 1. The highest BCUT2D eigenvalue weighted by Gasteiger charge is 2.30. The first-order valence-corrected chi connectivity index (χ1v) is 6.27. The van der Waals surface area contributed by atoms with Crippen molar-refractivity contribution >= 4 is 5.69 Å². The molecule has 106 valence electrons. The summed E-state index contributed by atoms with van der Waals surface area (Å²) in [6.07, 6.45) is -4.18. The Morgan fingerprint density at radius 2 is 2.16 bits per heavy atom. The van der Waals surface area contributed by atoms with Gasteiger partial charge in [-0.05, 0) is 12.6 Å². The van der Waals surface area contributed by atoms with Crippen molar-refractivity contribution in [2.75, 3.05) is 31.6 Å². The van der Waals surface area contributed by atoms with E-state index in [0.717, 1.165) is 17.8 Å². The van der Waals surface area contributed by atoms with Gasteiger partial charge in [-0.3, -0.25) is 4.90 Å². The van der Waals surface area contributed by atoms with Gasteiger partial charge < -0.3 is 10.1 Å². The molecule has 0 saturated heterocycles. The Kier molecular flexibility index (Phi) is 4.19. The second-order valence-electron chi connectivity index (χ2n) is 4.49. The molecule has 6 heteroatoms. The van der Waals surface area contributed by atoms with Gasteiger partial charge in [0, 0.05) is 18.7 Å². The molecule has 0 fully saturated rings. The van der Waals surface area contributed by atoms with E-state index in [-0.39, 0.29) is 6.54 Å². The smallest absolute Gasteiger partial charge is 0.401 e. The van der Waals surface area contributed by atoms with Crippen LogP contribution in [0.2, 0.25) is 0 Å². The van der Waals surface area contributed by atoms with Crippen molar-refractivity contribution in [2.45, 2.75) is 19.6 Å². The Morgan fingerprint density at radius 1 is 1.37 bits per heavy atom. The van der Waals surface area contributed by atoms with E-state index in [0.29, 0.717) is 18.9 Å². The van der Waals surface area contributed by atoms with Crippen LogP contribution in [0.5, 0.6) is 5.75 Å². The molecule has 1 aromatic rings. The Hall–Kier alpha value is -1.43. The number of rotatable bonds is 4. The lowest BCUT2D eigenvalue weighted by atomic mass is 10.1. The van der Waals surface area contributed by atoms with Crippen LogP contribution in [-0.4, -0.2) is 37.3 Å². The van der Waals surface area contributed by atoms with E-state index >= 15 is 0 Å². The van der Waals surface area contributed by atoms with Crippen molar-refractivity contribution in [1.29, 1.82) is 0 Å². The predicted molar refractivity (Wildman–Crippen MR) is 67.4 cm³/mol. The van der Waals surface area contributed by atoms with E-state index < -0.39 is 12.7 Å². The van der Waals surface area contributed by atoms with Gasteiger partial charge in [0.05, 0.1) is 12.2 Å². The third-order valence-corrected chi connectivity index (χ3v) is 3.00. The summed E-state index contributed by atoms with van der Waals surface area (Å²) in [5, 5.41) is 3.18. The molecule has 0 unspecified atom stereocenters. The predicted octanol–water partition coefficient (Wildman–Crippen LogP) is 2.88. The SMILES string of the molecule is CCN(Cc1cccc2c1OCCN2)CC(F)(F)F. The van der Waals surface area contributed by atoms with E-state index in [2.05, 4.69) is 5.32 Å². The minimum absolute atomic E-state index is 0.237. The molecule has 1 N–H and O–H groups in total. The van der Waals surface area contributed by atoms with Gasteiger partial charge in [-0.25, -0.2) is 0 Å². The lowest BCUT2D eigenvalue weighted by molar-refractivity contribution is -0.146. The van der Waals surface area contributed by atoms with Crippen molar-refractivity contribution in [3.8, 4) is 5.75 Å². The maximum Gasteiger partial charge on any atom is 0.401 e. The molecule has 1 heterocycles. The zero-order chi connectivity index (χ0) is 13.9. The van der Waals surface area contributed by atoms with Gasteiger partial charge in [-0.1, -0.05) is 19.1 Å². The minimum atomic E-state index is -4.18. The van der Waals surface area contributed by atoms with Crippen LogP contribution in [0.15, 0.2) is 18.2 Å². The van der Waals surface area contributed by atoms with E-state index in [1.54, 1.807) is 6.92 Å². The molecule has 2 rings (SSSR count). The molecule has 0 bridgehead atoms. The Balaban J connectivity index is 2.13. The molecule has 0 saturated carbocycles. The third kappa shape index (κ3) is 3.76. The molecule has 0 aliphatic carbocycles. The Bertz CT molecular complexity index is 434. The lowest BCUT2D eigenvalue weighted by Crippen LogP contribution is -2.34. The number of anilines is 1. The first-order chi connectivity index (χ1) is 8.99. The largest absolute Gasteiger partial charge is 0.489 e. The first kappa shape index (κ1) is 14.0. The molecular formula is C13H17F3N2O. The molecule has 0 spiro atoms. The van der Waals surface area contributed by atoms with Gasteiger partial charge in [-0.2, -0.15) is 13.2 Å². The Labute approximate surface area is 110 Å². The number of nitrogens with one attached hydrogen (secondary N) is 1. The summed E-state index contributed by atoms with van der Waals surface area (Å²) in [5.41, 5.74) is 1.64. The standard InChI is InChI=1S/C13H17F3N2O/c1-2-18(9-13(14,15)16)8-10-4-3-5-11-12(10)19-7-6-17-11/h3-5,17H,2,6-9H2,1H3. The van der Waals surface area contributed by atoms with E-state index in [1.807, 2.05) is 18.2 Å². The van der Waals surface area contributed by atoms with Crippen LogP contribution < -0.4 is 10.1 Å². The van der Waals surface area contributed by atoms with Gasteiger partial charge in [0.15, 0.2) is 0 Å². The summed E-state index contributed by atoms with van der Waals surface area (Å²) in [6.45, 7) is 2.66. The van der Waals surface area contributed by atoms with Gasteiger partial charge >= 0.3 is 6.18 Å². The van der Waals surface area contributed by atoms with Crippen LogP contribution in [0.1, 0.15) is 12.5 Å². The topological polar surface area (TPSA) is 24.5 Å². The maximum absolute atomic E-state index is 12.4. The number of fused-ring (bicyclic) bond motifs is 1. The zero-order valence-corrected chi connectivity index (χ0v) is 10.8. The molecule has 3 nitrogen and oxygen atoms in total. The fourth-order valence-electron chi connectivity index (χ4n) is 2.13. The molecule has 1 aliphatic heterocycles. The number of nitrogens with zero attached hydrogens (tertiary/aromatic N) is 1. The molecule has 0 aromatic heterocycles. The number of hydrogen-bond donors (Lipinski definition) is 1. The fraction of sp³-hybridized carbons (Fsp3) is 0.538. The summed E-state index contributed by atoms with van der Waals surface area (Å²) in [7, 11) is 0. The van der Waals surface area contributed by atoms with Crippen molar-refractivity contribution < 1.29 is 17.9 Å². The third-order valence-electron chi connectivity index (χ3n) is 3.00. The van der Waals surface area contributed by atoms with Crippen molar-refractivity contribution in [3.63, 3.8) is 0 Å². The van der Waals surface area contributed by atoms with Crippen LogP contribution in [-0.2, 0) is 6.54 Å². The van der Waals surface area contributed by atoms with Crippen LogP contribution in [0, 0.1) is 0 Å². The molecule has 0 amide bonds. The highest BCUT2D eigenvalue weighted by molar-refractivity contribution is 5.61. The van der Waals surface area contributed by atoms with Crippen molar-refractivity contribution in [3.05, 3.63) is 23.8 Å². The van der Waals surface area contributed by atoms with Crippen molar-refractivity contribution in [2.24, 2.45) is 0 Å². The fourth-order valence-corrected chi connectivity index (χ4v) is 2.13. The average molecular weight is 274 g/mol. The van der Waals surface area contributed by atoms with E-state index in [4.69, 9.17) is 4.74 Å². The lowest BCUT2D eigenvalue weighted by Gasteiger charge is -2.26. The number of hydrogen-bond acceptors (Lipinski definition) is 3. The van der Waals surface area contributed by atoms with E-state index in [9.17, 15) is 13.2 Å². The zero-order valence-electron chi connectivity index (χ0n) is 10.8. The van der Waals surface area contributed by atoms with Crippen LogP contribution in [0.25, 0.3) is 0 Å². The summed E-state index contributed by atoms with van der Waals surface area (Å²) >= 11 is 0. The second-order valence-corrected chi connectivity index (χ2v) is 4.49. The molecule has 1 aliphatic rings. The summed E-state index contributed by atoms with van der Waals surface area (Å²) < 4.78 is 42.9. The summed E-state index contributed by atoms with van der Waals surface area (Å²) in [5.74, 6) is 0.675. The van der Waals surface area contributed by atoms with Gasteiger partial charge in [0.2, 0.25) is 0 Å². The molecule has 0 atom stereocenters. The second kappa shape index (κ2) is 5.69. The summed E-state index contributed by atoms with van der Waals surface area (Å²) in [4.78, 5) is 1.35. The maximum atomic E-state index is 12.4. The molecule has 0 radical (unpaired) electrons. The number of halogens is 3. The Morgan fingerprint density at radius 3 is 2.84 bits per heavy atom. The number of benzene rings is 1. The van der Waals surface area contributed by atoms with Crippen molar-refractivity contribution in [1.82, 2.24) is 4.90 Å². The van der Waals surface area contributed by atoms with E-state index in [1.165, 1.54) is 4.90 Å². The monoisotopic (exact) mass is 274 g/mol. The highest BCUT2D eigenvalue weighted by atomic mass is 19.4. The highest BCUT2D eigenvalue weighted by Crippen LogP contribution is 2.32. The quantitative estimate of drug-likeness (QED) is 0.913. The van der Waals surface area contributed by atoms with Crippen LogP contribution >= 0.6 is 0 Å². The summed E-state index contributed by atoms with van der Waals surface area (Å²) in [6, 6.07) is 5.51. The minimum Gasteiger partial charge on any atom is -0.489 e. The van der Waals surface area contributed by atoms with Gasteiger partial charge in [0.1, 0.15) is 12.4 Å².